The van der Waals surface area contributed by atoms with Gasteiger partial charge >= 0.3 is 0 Å². The maximum Gasteiger partial charge on any atom is 0.270 e. The zero-order valence-corrected chi connectivity index (χ0v) is 9.16. The molecule has 0 aliphatic rings. The van der Waals surface area contributed by atoms with Crippen molar-refractivity contribution in [3.63, 3.8) is 0 Å². The molecule has 0 aliphatic heterocycles. The molecular formula is C8H5ClO3S2. The molecule has 0 spiro atoms. The van der Waals surface area contributed by atoms with Crippen LogP contribution in [0.1, 0.15) is 0 Å². The lowest BCUT2D eigenvalue weighted by atomic mass is 10.2. The van der Waals surface area contributed by atoms with Gasteiger partial charge in [0.1, 0.15) is 9.96 Å². The van der Waals surface area contributed by atoms with Crippen molar-refractivity contribution in [2.24, 2.45) is 0 Å². The lowest BCUT2D eigenvalue weighted by molar-refractivity contribution is 0.482. The number of thiophene rings is 1. The van der Waals surface area contributed by atoms with Gasteiger partial charge in [-0.15, -0.1) is 11.3 Å². The third kappa shape index (κ3) is 1.58. The van der Waals surface area contributed by atoms with Gasteiger partial charge in [0.05, 0.1) is 0 Å². The summed E-state index contributed by atoms with van der Waals surface area (Å²) in [5.74, 6) is 0.0605. The highest BCUT2D eigenvalue weighted by molar-refractivity contribution is 8.15. The average Bonchev–Trinajstić information content (AvgIpc) is 2.48. The van der Waals surface area contributed by atoms with E-state index in [9.17, 15) is 13.5 Å². The maximum atomic E-state index is 11.0. The first-order valence-electron chi connectivity index (χ1n) is 3.64. The monoisotopic (exact) mass is 248 g/mol. The number of fused-ring (bicyclic) bond motifs is 1. The van der Waals surface area contributed by atoms with Crippen LogP contribution in [0.3, 0.4) is 0 Å². The summed E-state index contributed by atoms with van der Waals surface area (Å²) in [5, 5.41) is 9.93. The van der Waals surface area contributed by atoms with Gasteiger partial charge < -0.3 is 5.11 Å². The van der Waals surface area contributed by atoms with Crippen molar-refractivity contribution in [3.05, 3.63) is 24.3 Å². The first-order chi connectivity index (χ1) is 6.48. The Morgan fingerprint density at radius 2 is 2.07 bits per heavy atom. The van der Waals surface area contributed by atoms with E-state index in [4.69, 9.17) is 10.7 Å². The largest absolute Gasteiger partial charge is 0.507 e. The van der Waals surface area contributed by atoms with Gasteiger partial charge in [-0.1, -0.05) is 6.07 Å². The van der Waals surface area contributed by atoms with Crippen LogP contribution in [0.4, 0.5) is 0 Å². The van der Waals surface area contributed by atoms with E-state index in [1.54, 1.807) is 12.1 Å². The van der Waals surface area contributed by atoms with E-state index in [0.29, 0.717) is 10.1 Å². The molecule has 1 aromatic carbocycles. The smallest absolute Gasteiger partial charge is 0.270 e. The van der Waals surface area contributed by atoms with Crippen LogP contribution in [0.2, 0.25) is 0 Å². The second-order valence-electron chi connectivity index (χ2n) is 2.69. The SMILES string of the molecule is O=S(=O)(Cl)c1cc2c(O)cccc2s1. The van der Waals surface area contributed by atoms with Crippen LogP contribution in [0.25, 0.3) is 10.1 Å². The molecule has 14 heavy (non-hydrogen) atoms. The second-order valence-corrected chi connectivity index (χ2v) is 6.57. The Kier molecular flexibility index (Phi) is 2.17. The first-order valence-corrected chi connectivity index (χ1v) is 6.77. The van der Waals surface area contributed by atoms with Crippen LogP contribution in [0, 0.1) is 0 Å². The number of phenols is 1. The molecule has 3 nitrogen and oxygen atoms in total. The molecular weight excluding hydrogens is 244 g/mol. The molecule has 0 amide bonds. The van der Waals surface area contributed by atoms with E-state index in [1.165, 1.54) is 12.1 Å². The Morgan fingerprint density at radius 1 is 1.36 bits per heavy atom. The van der Waals surface area contributed by atoms with Crippen LogP contribution < -0.4 is 0 Å². The van der Waals surface area contributed by atoms with Crippen LogP contribution in [0.5, 0.6) is 5.75 Å². The van der Waals surface area contributed by atoms with Gasteiger partial charge in [0, 0.05) is 20.8 Å². The minimum atomic E-state index is -3.70. The molecule has 0 aliphatic carbocycles. The zero-order chi connectivity index (χ0) is 10.3. The fraction of sp³-hybridized carbons (Fsp3) is 0. The van der Waals surface area contributed by atoms with Crippen molar-refractivity contribution in [1.82, 2.24) is 0 Å². The number of halogens is 1. The molecule has 1 aromatic heterocycles. The number of phenolic OH excluding ortho intramolecular Hbond substituents is 1. The first kappa shape index (κ1) is 9.76. The van der Waals surface area contributed by atoms with Crippen molar-refractivity contribution in [1.29, 1.82) is 0 Å². The number of aromatic hydroxyl groups is 1. The van der Waals surface area contributed by atoms with Crippen molar-refractivity contribution in [3.8, 4) is 5.75 Å². The Balaban J connectivity index is 2.81. The number of benzene rings is 1. The van der Waals surface area contributed by atoms with Crippen molar-refractivity contribution < 1.29 is 13.5 Å². The molecule has 0 saturated carbocycles. The standard InChI is InChI=1S/C8H5ClO3S2/c9-14(11,12)8-4-5-6(10)2-1-3-7(5)13-8/h1-4,10H. The van der Waals surface area contributed by atoms with Crippen molar-refractivity contribution in [2.75, 3.05) is 0 Å². The molecule has 0 atom stereocenters. The molecule has 2 rings (SSSR count). The van der Waals surface area contributed by atoms with Gasteiger partial charge in [-0.3, -0.25) is 0 Å². The maximum absolute atomic E-state index is 11.0. The highest BCUT2D eigenvalue weighted by atomic mass is 35.7. The summed E-state index contributed by atoms with van der Waals surface area (Å²) in [6.07, 6.45) is 0. The minimum Gasteiger partial charge on any atom is -0.507 e. The third-order valence-electron chi connectivity index (χ3n) is 1.76. The predicted octanol–water partition coefficient (Wildman–Crippen LogP) is 2.53. The zero-order valence-electron chi connectivity index (χ0n) is 6.77. The molecule has 0 radical (unpaired) electrons. The van der Waals surface area contributed by atoms with Gasteiger partial charge in [0.25, 0.3) is 9.05 Å². The minimum absolute atomic E-state index is 0.0515. The van der Waals surface area contributed by atoms with E-state index in [-0.39, 0.29) is 9.96 Å². The summed E-state index contributed by atoms with van der Waals surface area (Å²) in [6, 6.07) is 6.25. The summed E-state index contributed by atoms with van der Waals surface area (Å²) in [7, 11) is 1.48. The lowest BCUT2D eigenvalue weighted by Gasteiger charge is -1.90. The number of rotatable bonds is 1. The van der Waals surface area contributed by atoms with Crippen LogP contribution in [-0.2, 0) is 9.05 Å². The average molecular weight is 249 g/mol. The van der Waals surface area contributed by atoms with Crippen LogP contribution in [0.15, 0.2) is 28.5 Å². The van der Waals surface area contributed by atoms with Gasteiger partial charge in [-0.05, 0) is 18.2 Å². The van der Waals surface area contributed by atoms with Gasteiger partial charge in [-0.2, -0.15) is 0 Å². The van der Waals surface area contributed by atoms with E-state index in [1.807, 2.05) is 0 Å². The summed E-state index contributed by atoms with van der Waals surface area (Å²) in [6.45, 7) is 0. The van der Waals surface area contributed by atoms with E-state index in [2.05, 4.69) is 0 Å². The Hall–Kier alpha value is -0.780. The van der Waals surface area contributed by atoms with Crippen LogP contribution >= 0.6 is 22.0 Å². The summed E-state index contributed by atoms with van der Waals surface area (Å²) >= 11 is 1.04. The van der Waals surface area contributed by atoms with E-state index in [0.717, 1.165) is 11.3 Å². The van der Waals surface area contributed by atoms with Gasteiger partial charge in [-0.25, -0.2) is 8.42 Å². The molecule has 0 unspecified atom stereocenters. The summed E-state index contributed by atoms with van der Waals surface area (Å²) in [4.78, 5) is 0. The van der Waals surface area contributed by atoms with Crippen molar-refractivity contribution in [2.45, 2.75) is 4.21 Å². The van der Waals surface area contributed by atoms with Gasteiger partial charge in [0.2, 0.25) is 0 Å². The highest BCUT2D eigenvalue weighted by Crippen LogP contribution is 2.35. The molecule has 0 fully saturated rings. The van der Waals surface area contributed by atoms with E-state index >= 15 is 0 Å². The fourth-order valence-corrected chi connectivity index (χ4v) is 3.30. The quantitative estimate of drug-likeness (QED) is 0.789. The third-order valence-corrected chi connectivity index (χ3v) is 4.93. The molecule has 0 bridgehead atoms. The predicted molar refractivity (Wildman–Crippen MR) is 56.5 cm³/mol. The summed E-state index contributed by atoms with van der Waals surface area (Å²) in [5.41, 5.74) is 0. The fourth-order valence-electron chi connectivity index (χ4n) is 1.14. The lowest BCUT2D eigenvalue weighted by Crippen LogP contribution is -1.83. The Labute approximate surface area is 89.0 Å². The molecule has 74 valence electrons. The van der Waals surface area contributed by atoms with E-state index < -0.39 is 9.05 Å². The van der Waals surface area contributed by atoms with Crippen LogP contribution in [-0.4, -0.2) is 13.5 Å². The normalized spacial score (nSPS) is 12.1. The Morgan fingerprint density at radius 3 is 2.64 bits per heavy atom. The molecule has 1 heterocycles. The number of hydrogen-bond acceptors (Lipinski definition) is 4. The molecule has 2 aromatic rings. The highest BCUT2D eigenvalue weighted by Gasteiger charge is 2.15. The topological polar surface area (TPSA) is 54.4 Å². The number of hydrogen-bond donors (Lipinski definition) is 1. The summed E-state index contributed by atoms with van der Waals surface area (Å²) < 4.78 is 22.8. The second kappa shape index (κ2) is 3.12. The molecule has 1 N–H and O–H groups in total. The molecule has 0 saturated heterocycles. The Bertz CT molecular complexity index is 586. The molecule has 6 heteroatoms. The van der Waals surface area contributed by atoms with Crippen molar-refractivity contribution >= 4 is 41.2 Å². The van der Waals surface area contributed by atoms with Gasteiger partial charge in [0.15, 0.2) is 0 Å².